The topological polar surface area (TPSA) is 84.9 Å². The molecule has 0 saturated carbocycles. The molecule has 1 unspecified atom stereocenters. The van der Waals surface area contributed by atoms with E-state index < -0.39 is 17.4 Å². The fraction of sp³-hybridized carbons (Fsp3) is 0.500. The minimum absolute atomic E-state index is 0.190. The summed E-state index contributed by atoms with van der Waals surface area (Å²) in [7, 11) is 0. The largest absolute Gasteiger partial charge is 0.491 e. The molecular formula is C16H23NO5. The number of benzene rings is 1. The molecule has 1 atom stereocenters. The van der Waals surface area contributed by atoms with Crippen LogP contribution in [0.25, 0.3) is 0 Å². The van der Waals surface area contributed by atoms with Crippen LogP contribution >= 0.6 is 0 Å². The normalized spacial score (nSPS) is 13.2. The van der Waals surface area contributed by atoms with Crippen LogP contribution in [0.5, 0.6) is 5.75 Å². The van der Waals surface area contributed by atoms with Gasteiger partial charge in [-0.05, 0) is 25.5 Å². The van der Waals surface area contributed by atoms with Gasteiger partial charge in [0, 0.05) is 0 Å². The van der Waals surface area contributed by atoms with Gasteiger partial charge in [-0.2, -0.15) is 0 Å². The van der Waals surface area contributed by atoms with Gasteiger partial charge in [-0.3, -0.25) is 4.79 Å². The van der Waals surface area contributed by atoms with Gasteiger partial charge < -0.3 is 19.9 Å². The van der Waals surface area contributed by atoms with E-state index in [0.29, 0.717) is 19.4 Å². The van der Waals surface area contributed by atoms with Gasteiger partial charge in [0.2, 0.25) is 5.91 Å². The summed E-state index contributed by atoms with van der Waals surface area (Å²) in [4.78, 5) is 22.9. The standard InChI is InChI=1S/C16H23NO5/c1-3-9-16(2,15(19)20)17-14(18)12-21-10-11-22-13-7-5-4-6-8-13/h4-8H,3,9-12H2,1-2H3,(H,17,18)(H,19,20). The molecule has 0 heterocycles. The fourth-order valence-corrected chi connectivity index (χ4v) is 1.97. The van der Waals surface area contributed by atoms with Crippen molar-refractivity contribution in [2.24, 2.45) is 0 Å². The number of carboxylic acids is 1. The smallest absolute Gasteiger partial charge is 0.329 e. The minimum Gasteiger partial charge on any atom is -0.491 e. The first-order valence-electron chi connectivity index (χ1n) is 7.28. The Morgan fingerprint density at radius 3 is 2.50 bits per heavy atom. The summed E-state index contributed by atoms with van der Waals surface area (Å²) in [6.45, 7) is 3.74. The van der Waals surface area contributed by atoms with E-state index in [1.807, 2.05) is 37.3 Å². The SMILES string of the molecule is CCCC(C)(NC(=O)COCCOc1ccccc1)C(=O)O. The van der Waals surface area contributed by atoms with Crippen LogP contribution in [-0.4, -0.2) is 42.3 Å². The predicted octanol–water partition coefficient (Wildman–Crippen LogP) is 1.84. The first-order chi connectivity index (χ1) is 10.5. The molecule has 0 aliphatic carbocycles. The molecular weight excluding hydrogens is 286 g/mol. The number of hydrogen-bond acceptors (Lipinski definition) is 4. The number of rotatable bonds is 10. The first-order valence-corrected chi connectivity index (χ1v) is 7.28. The first kappa shape index (κ1) is 18.0. The highest BCUT2D eigenvalue weighted by molar-refractivity contribution is 5.87. The summed E-state index contributed by atoms with van der Waals surface area (Å²) in [5.41, 5.74) is -1.25. The fourth-order valence-electron chi connectivity index (χ4n) is 1.97. The highest BCUT2D eigenvalue weighted by atomic mass is 16.5. The number of para-hydroxylation sites is 1. The molecule has 0 bridgehead atoms. The van der Waals surface area contributed by atoms with E-state index in [2.05, 4.69) is 5.32 Å². The summed E-state index contributed by atoms with van der Waals surface area (Å²) in [5, 5.41) is 11.7. The van der Waals surface area contributed by atoms with Crippen molar-refractivity contribution in [3.63, 3.8) is 0 Å². The number of amides is 1. The molecule has 1 rings (SSSR count). The Balaban J connectivity index is 2.24. The minimum atomic E-state index is -1.25. The zero-order valence-corrected chi connectivity index (χ0v) is 13.0. The Hall–Kier alpha value is -2.08. The highest BCUT2D eigenvalue weighted by Gasteiger charge is 2.33. The lowest BCUT2D eigenvalue weighted by molar-refractivity contribution is -0.148. The monoisotopic (exact) mass is 309 g/mol. The molecule has 2 N–H and O–H groups in total. The average molecular weight is 309 g/mol. The average Bonchev–Trinajstić information content (AvgIpc) is 2.48. The molecule has 6 heteroatoms. The van der Waals surface area contributed by atoms with Crippen molar-refractivity contribution in [3.8, 4) is 5.75 Å². The lowest BCUT2D eigenvalue weighted by Crippen LogP contribution is -2.53. The van der Waals surface area contributed by atoms with E-state index in [-0.39, 0.29) is 13.2 Å². The Morgan fingerprint density at radius 2 is 1.91 bits per heavy atom. The lowest BCUT2D eigenvalue weighted by atomic mass is 9.96. The number of hydrogen-bond donors (Lipinski definition) is 2. The zero-order valence-electron chi connectivity index (χ0n) is 13.0. The van der Waals surface area contributed by atoms with Gasteiger partial charge in [0.25, 0.3) is 0 Å². The maximum absolute atomic E-state index is 11.7. The van der Waals surface area contributed by atoms with Crippen LogP contribution in [0.15, 0.2) is 30.3 Å². The molecule has 0 spiro atoms. The number of carbonyl (C=O) groups is 2. The molecule has 1 aromatic rings. The van der Waals surface area contributed by atoms with Gasteiger partial charge in [0.05, 0.1) is 6.61 Å². The lowest BCUT2D eigenvalue weighted by Gasteiger charge is -2.25. The summed E-state index contributed by atoms with van der Waals surface area (Å²) >= 11 is 0. The number of nitrogens with one attached hydrogen (secondary N) is 1. The van der Waals surface area contributed by atoms with Crippen molar-refractivity contribution in [1.82, 2.24) is 5.32 Å². The third-order valence-corrected chi connectivity index (χ3v) is 3.11. The van der Waals surface area contributed by atoms with Gasteiger partial charge in [0.1, 0.15) is 24.5 Å². The Kier molecular flexibility index (Phi) is 7.39. The van der Waals surface area contributed by atoms with Crippen molar-refractivity contribution in [1.29, 1.82) is 0 Å². The van der Waals surface area contributed by atoms with Crippen molar-refractivity contribution in [2.75, 3.05) is 19.8 Å². The maximum Gasteiger partial charge on any atom is 0.329 e. The van der Waals surface area contributed by atoms with Gasteiger partial charge in [0.15, 0.2) is 0 Å². The van der Waals surface area contributed by atoms with E-state index in [9.17, 15) is 14.7 Å². The van der Waals surface area contributed by atoms with Crippen molar-refractivity contribution in [2.45, 2.75) is 32.2 Å². The van der Waals surface area contributed by atoms with Crippen LogP contribution in [0.4, 0.5) is 0 Å². The molecule has 0 saturated heterocycles. The molecule has 22 heavy (non-hydrogen) atoms. The van der Waals surface area contributed by atoms with E-state index >= 15 is 0 Å². The van der Waals surface area contributed by atoms with Crippen LogP contribution in [0.1, 0.15) is 26.7 Å². The van der Waals surface area contributed by atoms with Crippen LogP contribution < -0.4 is 10.1 Å². The van der Waals surface area contributed by atoms with Crippen LogP contribution in [0, 0.1) is 0 Å². The highest BCUT2D eigenvalue weighted by Crippen LogP contribution is 2.12. The van der Waals surface area contributed by atoms with E-state index in [1.54, 1.807) is 0 Å². The number of aliphatic carboxylic acids is 1. The Morgan fingerprint density at radius 1 is 1.23 bits per heavy atom. The molecule has 0 radical (unpaired) electrons. The number of carbonyl (C=O) groups excluding carboxylic acids is 1. The van der Waals surface area contributed by atoms with Crippen LogP contribution in [-0.2, 0) is 14.3 Å². The van der Waals surface area contributed by atoms with E-state index in [1.165, 1.54) is 6.92 Å². The second-order valence-electron chi connectivity index (χ2n) is 5.15. The summed E-state index contributed by atoms with van der Waals surface area (Å²) < 4.78 is 10.6. The van der Waals surface area contributed by atoms with Crippen LogP contribution in [0.2, 0.25) is 0 Å². The quantitative estimate of drug-likeness (QED) is 0.644. The molecule has 0 aromatic heterocycles. The Bertz CT molecular complexity index is 477. The number of ether oxygens (including phenoxy) is 2. The number of carboxylic acid groups (broad SMARTS) is 1. The maximum atomic E-state index is 11.7. The Labute approximate surface area is 130 Å². The molecule has 122 valence electrons. The molecule has 0 aliphatic rings. The van der Waals surface area contributed by atoms with Crippen molar-refractivity contribution >= 4 is 11.9 Å². The van der Waals surface area contributed by atoms with Gasteiger partial charge >= 0.3 is 5.97 Å². The molecule has 0 aliphatic heterocycles. The third-order valence-electron chi connectivity index (χ3n) is 3.11. The predicted molar refractivity (Wildman–Crippen MR) is 81.8 cm³/mol. The second kappa shape index (κ2) is 9.04. The van der Waals surface area contributed by atoms with Gasteiger partial charge in [-0.25, -0.2) is 4.79 Å². The molecule has 0 fully saturated rings. The second-order valence-corrected chi connectivity index (χ2v) is 5.15. The van der Waals surface area contributed by atoms with Gasteiger partial charge in [-0.1, -0.05) is 31.5 Å². The molecule has 6 nitrogen and oxygen atoms in total. The summed E-state index contributed by atoms with van der Waals surface area (Å²) in [6, 6.07) is 9.28. The van der Waals surface area contributed by atoms with Crippen LogP contribution in [0.3, 0.4) is 0 Å². The third kappa shape index (κ3) is 6.13. The summed E-state index contributed by atoms with van der Waals surface area (Å²) in [5.74, 6) is -0.759. The summed E-state index contributed by atoms with van der Waals surface area (Å²) in [6.07, 6.45) is 1.03. The van der Waals surface area contributed by atoms with E-state index in [4.69, 9.17) is 9.47 Å². The molecule has 1 amide bonds. The van der Waals surface area contributed by atoms with Crippen molar-refractivity contribution < 1.29 is 24.2 Å². The zero-order chi connectivity index (χ0) is 16.4. The van der Waals surface area contributed by atoms with E-state index in [0.717, 1.165) is 5.75 Å². The van der Waals surface area contributed by atoms with Crippen molar-refractivity contribution in [3.05, 3.63) is 30.3 Å². The van der Waals surface area contributed by atoms with Gasteiger partial charge in [-0.15, -0.1) is 0 Å². The molecule has 1 aromatic carbocycles.